The number of hydrogen-bond donors (Lipinski definition) is 0. The van der Waals surface area contributed by atoms with Gasteiger partial charge in [-0.15, -0.1) is 0 Å². The van der Waals surface area contributed by atoms with E-state index in [1.807, 2.05) is 36.4 Å². The highest BCUT2D eigenvalue weighted by molar-refractivity contribution is 6.01. The molecule has 0 aliphatic carbocycles. The minimum Gasteiger partial charge on any atom is -0.497 e. The first-order valence-corrected chi connectivity index (χ1v) is 14.4. The molecule has 4 aromatic rings. The van der Waals surface area contributed by atoms with Crippen molar-refractivity contribution in [3.8, 4) is 23.3 Å². The average Bonchev–Trinajstić information content (AvgIpc) is 3.50. The summed E-state index contributed by atoms with van der Waals surface area (Å²) in [6, 6.07) is 28.8. The van der Waals surface area contributed by atoms with Gasteiger partial charge in [0.05, 0.1) is 19.4 Å². The van der Waals surface area contributed by atoms with Crippen LogP contribution in [0.3, 0.4) is 0 Å². The second-order valence-electron chi connectivity index (χ2n) is 10.3. The second-order valence-corrected chi connectivity index (χ2v) is 10.3. The van der Waals surface area contributed by atoms with Crippen LogP contribution in [0.2, 0.25) is 0 Å². The summed E-state index contributed by atoms with van der Waals surface area (Å²) in [5.74, 6) is 8.38. The van der Waals surface area contributed by atoms with Gasteiger partial charge in [-0.3, -0.25) is 0 Å². The van der Waals surface area contributed by atoms with E-state index in [1.165, 1.54) is 42.9 Å². The highest BCUT2D eigenvalue weighted by atomic mass is 16.6. The Hall–Kier alpha value is -4.23. The number of rotatable bonds is 11. The molecule has 40 heavy (non-hydrogen) atoms. The molecule has 0 aromatic heterocycles. The molecule has 0 radical (unpaired) electrons. The van der Waals surface area contributed by atoms with Crippen molar-refractivity contribution in [2.45, 2.75) is 58.0 Å². The van der Waals surface area contributed by atoms with Gasteiger partial charge in [0, 0.05) is 17.5 Å². The van der Waals surface area contributed by atoms with Crippen LogP contribution in [0.25, 0.3) is 10.8 Å². The fourth-order valence-electron chi connectivity index (χ4n) is 4.90. The van der Waals surface area contributed by atoms with Crippen LogP contribution in [0.4, 0.5) is 0 Å². The normalized spacial score (nSPS) is 14.2. The number of unbranched alkanes of at least 4 members (excludes halogenated alkanes) is 5. The van der Waals surface area contributed by atoms with E-state index in [9.17, 15) is 0 Å². The van der Waals surface area contributed by atoms with E-state index in [2.05, 4.69) is 72.5 Å². The average molecular weight is 532 g/mol. The van der Waals surface area contributed by atoms with Crippen LogP contribution in [0.15, 0.2) is 90.1 Å². The third-order valence-corrected chi connectivity index (χ3v) is 7.30. The van der Waals surface area contributed by atoms with E-state index in [0.717, 1.165) is 58.9 Å². The maximum Gasteiger partial charge on any atom is 0.158 e. The Bertz CT molecular complexity index is 1490. The largest absolute Gasteiger partial charge is 0.497 e. The lowest BCUT2D eigenvalue weighted by molar-refractivity contribution is 0.0857. The summed E-state index contributed by atoms with van der Waals surface area (Å²) >= 11 is 0. The highest BCUT2D eigenvalue weighted by Crippen LogP contribution is 2.30. The lowest BCUT2D eigenvalue weighted by Gasteiger charge is -2.09. The van der Waals surface area contributed by atoms with Crippen molar-refractivity contribution < 1.29 is 14.3 Å². The van der Waals surface area contributed by atoms with Crippen LogP contribution in [0.5, 0.6) is 11.5 Å². The molecule has 1 unspecified atom stereocenters. The van der Waals surface area contributed by atoms with Crippen LogP contribution in [-0.2, 0) is 4.84 Å². The number of methoxy groups -OCH3 is 1. The van der Waals surface area contributed by atoms with E-state index in [0.29, 0.717) is 0 Å². The summed E-state index contributed by atoms with van der Waals surface area (Å²) in [6.07, 6.45) is 8.28. The molecule has 0 spiro atoms. The van der Waals surface area contributed by atoms with Gasteiger partial charge in [-0.25, -0.2) is 0 Å². The molecule has 1 heterocycles. The molecule has 0 bridgehead atoms. The van der Waals surface area contributed by atoms with Crippen LogP contribution in [0, 0.1) is 11.8 Å². The Morgan fingerprint density at radius 1 is 0.750 bits per heavy atom. The Labute approximate surface area is 238 Å². The van der Waals surface area contributed by atoms with Crippen molar-refractivity contribution in [2.24, 2.45) is 5.16 Å². The fourth-order valence-corrected chi connectivity index (χ4v) is 4.90. The maximum absolute atomic E-state index is 5.99. The summed E-state index contributed by atoms with van der Waals surface area (Å²) in [5.41, 5.74) is 5.06. The number of fused-ring (bicyclic) bond motifs is 1. The molecule has 4 aromatic carbocycles. The quantitative estimate of drug-likeness (QED) is 0.143. The zero-order chi connectivity index (χ0) is 27.6. The lowest BCUT2D eigenvalue weighted by Crippen LogP contribution is -2.01. The molecule has 1 aliphatic heterocycles. The van der Waals surface area contributed by atoms with Crippen LogP contribution < -0.4 is 9.47 Å². The molecule has 0 saturated heterocycles. The Morgan fingerprint density at radius 2 is 1.43 bits per heavy atom. The van der Waals surface area contributed by atoms with Gasteiger partial charge in [0.1, 0.15) is 11.5 Å². The minimum absolute atomic E-state index is 0.0729. The van der Waals surface area contributed by atoms with Crippen molar-refractivity contribution >= 4 is 16.5 Å². The van der Waals surface area contributed by atoms with Gasteiger partial charge < -0.3 is 14.3 Å². The Kier molecular flexibility index (Phi) is 9.37. The first kappa shape index (κ1) is 27.3. The van der Waals surface area contributed by atoms with Gasteiger partial charge >= 0.3 is 0 Å². The summed E-state index contributed by atoms with van der Waals surface area (Å²) in [5, 5.41) is 6.68. The number of oxime groups is 1. The topological polar surface area (TPSA) is 40.0 Å². The third kappa shape index (κ3) is 7.24. The summed E-state index contributed by atoms with van der Waals surface area (Å²) in [6.45, 7) is 3.03. The van der Waals surface area contributed by atoms with Crippen molar-refractivity contribution in [3.05, 3.63) is 107 Å². The Morgan fingerprint density at radius 3 is 2.23 bits per heavy atom. The summed E-state index contributed by atoms with van der Waals surface area (Å²) in [7, 11) is 1.67. The molecule has 1 aliphatic rings. The smallest absolute Gasteiger partial charge is 0.158 e. The molecular formula is C36H37NO3. The molecule has 5 rings (SSSR count). The SMILES string of the molecule is CCCCCCCCOc1ccc2cc(C#Cc3ccc(C4=NOC(c5ccc(OC)cc5)C4)cc3)ccc2c1. The minimum atomic E-state index is -0.0729. The molecule has 0 fully saturated rings. The number of hydrogen-bond acceptors (Lipinski definition) is 4. The third-order valence-electron chi connectivity index (χ3n) is 7.30. The fraction of sp³-hybridized carbons (Fsp3) is 0.306. The van der Waals surface area contributed by atoms with Crippen molar-refractivity contribution in [2.75, 3.05) is 13.7 Å². The lowest BCUT2D eigenvalue weighted by atomic mass is 9.99. The maximum atomic E-state index is 5.99. The van der Waals surface area contributed by atoms with Crippen molar-refractivity contribution in [1.29, 1.82) is 0 Å². The molecule has 0 N–H and O–H groups in total. The molecule has 0 saturated carbocycles. The van der Waals surface area contributed by atoms with Gasteiger partial charge in [-0.2, -0.15) is 0 Å². The summed E-state index contributed by atoms with van der Waals surface area (Å²) in [4.78, 5) is 5.71. The predicted molar refractivity (Wildman–Crippen MR) is 163 cm³/mol. The highest BCUT2D eigenvalue weighted by Gasteiger charge is 2.23. The van der Waals surface area contributed by atoms with Gasteiger partial charge in [-0.1, -0.05) is 92.4 Å². The van der Waals surface area contributed by atoms with Gasteiger partial charge in [-0.05, 0) is 76.9 Å². The molecule has 0 amide bonds. The second kappa shape index (κ2) is 13.7. The standard InChI is InChI=1S/C36H37NO3/c1-3-4-5-6-7-8-23-39-34-22-19-31-24-28(13-16-32(31)25-34)10-9-27-11-14-29(15-12-27)35-26-36(40-37-35)30-17-20-33(38-2)21-18-30/h11-22,24-25,36H,3-8,23,26H2,1-2H3. The molecule has 4 heteroatoms. The van der Waals surface area contributed by atoms with Crippen molar-refractivity contribution in [1.82, 2.24) is 0 Å². The number of nitrogens with zero attached hydrogens (tertiary/aromatic N) is 1. The number of ether oxygens (including phenoxy) is 2. The monoisotopic (exact) mass is 531 g/mol. The first-order chi connectivity index (χ1) is 19.7. The zero-order valence-corrected chi connectivity index (χ0v) is 23.5. The number of benzene rings is 4. The first-order valence-electron chi connectivity index (χ1n) is 14.4. The van der Waals surface area contributed by atoms with Crippen molar-refractivity contribution in [3.63, 3.8) is 0 Å². The molecule has 204 valence electrons. The predicted octanol–water partition coefficient (Wildman–Crippen LogP) is 8.85. The van der Waals surface area contributed by atoms with E-state index in [-0.39, 0.29) is 6.10 Å². The van der Waals surface area contributed by atoms with Crippen LogP contribution >= 0.6 is 0 Å². The van der Waals surface area contributed by atoms with Gasteiger partial charge in [0.2, 0.25) is 0 Å². The Balaban J connectivity index is 1.15. The van der Waals surface area contributed by atoms with Crippen LogP contribution in [0.1, 0.15) is 80.2 Å². The molecular weight excluding hydrogens is 494 g/mol. The molecule has 4 nitrogen and oxygen atoms in total. The van der Waals surface area contributed by atoms with Gasteiger partial charge in [0.25, 0.3) is 0 Å². The van der Waals surface area contributed by atoms with E-state index >= 15 is 0 Å². The van der Waals surface area contributed by atoms with E-state index < -0.39 is 0 Å². The summed E-state index contributed by atoms with van der Waals surface area (Å²) < 4.78 is 11.2. The van der Waals surface area contributed by atoms with Crippen LogP contribution in [-0.4, -0.2) is 19.4 Å². The van der Waals surface area contributed by atoms with E-state index in [1.54, 1.807) is 7.11 Å². The van der Waals surface area contributed by atoms with Gasteiger partial charge in [0.15, 0.2) is 6.10 Å². The zero-order valence-electron chi connectivity index (χ0n) is 23.5. The molecule has 1 atom stereocenters. The van der Waals surface area contributed by atoms with E-state index in [4.69, 9.17) is 14.3 Å².